The summed E-state index contributed by atoms with van der Waals surface area (Å²) in [4.78, 5) is 4.20. The molecule has 15 heavy (non-hydrogen) atoms. The summed E-state index contributed by atoms with van der Waals surface area (Å²) < 4.78 is 3.92. The highest BCUT2D eigenvalue weighted by Crippen LogP contribution is 2.32. The molecular formula is C10H9Br2N3. The summed E-state index contributed by atoms with van der Waals surface area (Å²) in [6.07, 6.45) is 3.65. The lowest BCUT2D eigenvalue weighted by molar-refractivity contribution is 0.924. The van der Waals surface area contributed by atoms with Crippen LogP contribution in [0.25, 0.3) is 0 Å². The highest BCUT2D eigenvalue weighted by molar-refractivity contribution is 9.11. The van der Waals surface area contributed by atoms with Gasteiger partial charge in [-0.2, -0.15) is 0 Å². The Balaban J connectivity index is 2.36. The lowest BCUT2D eigenvalue weighted by atomic mass is 10.3. The monoisotopic (exact) mass is 329 g/mol. The number of benzene rings is 1. The molecule has 0 amide bonds. The topological polar surface area (TPSA) is 29.9 Å². The van der Waals surface area contributed by atoms with Crippen molar-refractivity contribution in [2.45, 2.75) is 0 Å². The van der Waals surface area contributed by atoms with E-state index in [-0.39, 0.29) is 0 Å². The molecule has 2 rings (SSSR count). The number of hydrogen-bond acceptors (Lipinski definition) is 2. The van der Waals surface area contributed by atoms with Crippen molar-refractivity contribution < 1.29 is 0 Å². The van der Waals surface area contributed by atoms with Crippen LogP contribution < -0.4 is 5.32 Å². The van der Waals surface area contributed by atoms with E-state index in [1.54, 1.807) is 6.20 Å². The molecule has 0 spiro atoms. The van der Waals surface area contributed by atoms with E-state index >= 15 is 0 Å². The second-order valence-corrected chi connectivity index (χ2v) is 4.79. The average molecular weight is 331 g/mol. The van der Waals surface area contributed by atoms with Crippen molar-refractivity contribution in [2.75, 3.05) is 5.32 Å². The number of nitrogens with zero attached hydrogens (tertiary/aromatic N) is 2. The molecule has 3 nitrogen and oxygen atoms in total. The van der Waals surface area contributed by atoms with Crippen LogP contribution in [-0.2, 0) is 7.05 Å². The summed E-state index contributed by atoms with van der Waals surface area (Å²) in [5.41, 5.74) is 0.979. The molecule has 1 heterocycles. The quantitative estimate of drug-likeness (QED) is 0.910. The van der Waals surface area contributed by atoms with Gasteiger partial charge in [-0.3, -0.25) is 0 Å². The number of imidazole rings is 1. The number of para-hydroxylation sites is 1. The highest BCUT2D eigenvalue weighted by atomic mass is 79.9. The fraction of sp³-hybridized carbons (Fsp3) is 0.100. The molecule has 0 unspecified atom stereocenters. The predicted molar refractivity (Wildman–Crippen MR) is 68.3 cm³/mol. The van der Waals surface area contributed by atoms with Crippen molar-refractivity contribution in [3.63, 3.8) is 0 Å². The van der Waals surface area contributed by atoms with Gasteiger partial charge in [0.05, 0.1) is 5.69 Å². The Bertz CT molecular complexity index is 459. The van der Waals surface area contributed by atoms with E-state index in [4.69, 9.17) is 0 Å². The van der Waals surface area contributed by atoms with Crippen LogP contribution in [0.3, 0.4) is 0 Å². The summed E-state index contributed by atoms with van der Waals surface area (Å²) in [5, 5.41) is 3.25. The van der Waals surface area contributed by atoms with Crippen LogP contribution in [0.2, 0.25) is 0 Å². The van der Waals surface area contributed by atoms with Crippen LogP contribution in [0.4, 0.5) is 11.6 Å². The smallest absolute Gasteiger partial charge is 0.207 e. The minimum absolute atomic E-state index is 0.808. The van der Waals surface area contributed by atoms with E-state index in [1.807, 2.05) is 36.0 Å². The van der Waals surface area contributed by atoms with Crippen LogP contribution in [0.1, 0.15) is 0 Å². The lowest BCUT2D eigenvalue weighted by Crippen LogP contribution is -1.99. The van der Waals surface area contributed by atoms with Gasteiger partial charge in [-0.15, -0.1) is 0 Å². The zero-order chi connectivity index (χ0) is 10.8. The van der Waals surface area contributed by atoms with Crippen molar-refractivity contribution in [3.05, 3.63) is 39.5 Å². The van der Waals surface area contributed by atoms with Crippen molar-refractivity contribution in [1.82, 2.24) is 9.55 Å². The molecule has 0 aliphatic rings. The molecule has 0 bridgehead atoms. The predicted octanol–water partition coefficient (Wildman–Crippen LogP) is 3.69. The highest BCUT2D eigenvalue weighted by Gasteiger charge is 2.06. The van der Waals surface area contributed by atoms with Crippen LogP contribution in [-0.4, -0.2) is 9.55 Å². The molecule has 0 radical (unpaired) electrons. The molecule has 0 saturated heterocycles. The van der Waals surface area contributed by atoms with Crippen molar-refractivity contribution in [1.29, 1.82) is 0 Å². The third kappa shape index (κ3) is 2.23. The zero-order valence-electron chi connectivity index (χ0n) is 8.04. The van der Waals surface area contributed by atoms with Gasteiger partial charge in [0, 0.05) is 28.4 Å². The van der Waals surface area contributed by atoms with Gasteiger partial charge in [0.15, 0.2) is 0 Å². The number of hydrogen-bond donors (Lipinski definition) is 1. The molecule has 0 aliphatic carbocycles. The van der Waals surface area contributed by atoms with Crippen LogP contribution >= 0.6 is 31.9 Å². The molecular weight excluding hydrogens is 322 g/mol. The fourth-order valence-electron chi connectivity index (χ4n) is 1.22. The maximum atomic E-state index is 4.20. The van der Waals surface area contributed by atoms with Crippen LogP contribution in [0, 0.1) is 0 Å². The SMILES string of the molecule is Cn1ccnc1Nc1c(Br)cccc1Br. The van der Waals surface area contributed by atoms with E-state index in [9.17, 15) is 0 Å². The third-order valence-electron chi connectivity index (χ3n) is 2.02. The van der Waals surface area contributed by atoms with E-state index in [1.165, 1.54) is 0 Å². The maximum absolute atomic E-state index is 4.20. The minimum Gasteiger partial charge on any atom is -0.324 e. The molecule has 1 aromatic carbocycles. The minimum atomic E-state index is 0.808. The lowest BCUT2D eigenvalue weighted by Gasteiger charge is -2.09. The zero-order valence-corrected chi connectivity index (χ0v) is 11.2. The van der Waals surface area contributed by atoms with Gasteiger partial charge in [0.1, 0.15) is 0 Å². The Morgan fingerprint density at radius 1 is 1.27 bits per heavy atom. The second-order valence-electron chi connectivity index (χ2n) is 3.08. The number of anilines is 2. The fourth-order valence-corrected chi connectivity index (χ4v) is 2.41. The molecule has 0 atom stereocenters. The van der Waals surface area contributed by atoms with Gasteiger partial charge in [-0.25, -0.2) is 4.98 Å². The van der Waals surface area contributed by atoms with Crippen molar-refractivity contribution >= 4 is 43.5 Å². The first-order valence-corrected chi connectivity index (χ1v) is 5.95. The molecule has 78 valence electrons. The molecule has 0 aliphatic heterocycles. The molecule has 0 saturated carbocycles. The summed E-state index contributed by atoms with van der Waals surface area (Å²) in [5.74, 6) is 0.808. The summed E-state index contributed by atoms with van der Waals surface area (Å²) in [6.45, 7) is 0. The van der Waals surface area contributed by atoms with Gasteiger partial charge in [-0.1, -0.05) is 6.07 Å². The second kappa shape index (κ2) is 4.37. The molecule has 2 aromatic rings. The van der Waals surface area contributed by atoms with Gasteiger partial charge < -0.3 is 9.88 Å². The third-order valence-corrected chi connectivity index (χ3v) is 3.34. The molecule has 5 heteroatoms. The first-order valence-electron chi connectivity index (χ1n) is 4.37. The standard InChI is InChI=1S/C10H9Br2N3/c1-15-6-5-13-10(15)14-9-7(11)3-2-4-8(9)12/h2-6H,1H3,(H,13,14). The number of aryl methyl sites for hydroxylation is 1. The maximum Gasteiger partial charge on any atom is 0.207 e. The normalized spacial score (nSPS) is 10.3. The number of aromatic nitrogens is 2. The molecule has 1 aromatic heterocycles. The summed E-state index contributed by atoms with van der Waals surface area (Å²) >= 11 is 6.98. The molecule has 0 fully saturated rings. The van der Waals surface area contributed by atoms with Crippen LogP contribution in [0.15, 0.2) is 39.5 Å². The van der Waals surface area contributed by atoms with Gasteiger partial charge >= 0.3 is 0 Å². The van der Waals surface area contributed by atoms with Gasteiger partial charge in [-0.05, 0) is 44.0 Å². The van der Waals surface area contributed by atoms with E-state index in [0.29, 0.717) is 0 Å². The van der Waals surface area contributed by atoms with Crippen molar-refractivity contribution in [2.24, 2.45) is 7.05 Å². The van der Waals surface area contributed by atoms with Gasteiger partial charge in [0.25, 0.3) is 0 Å². The van der Waals surface area contributed by atoms with E-state index < -0.39 is 0 Å². The Hall–Kier alpha value is -0.810. The summed E-state index contributed by atoms with van der Waals surface area (Å²) in [6, 6.07) is 5.93. The Morgan fingerprint density at radius 2 is 1.93 bits per heavy atom. The Labute approximate surface area is 105 Å². The largest absolute Gasteiger partial charge is 0.324 e. The Morgan fingerprint density at radius 3 is 2.47 bits per heavy atom. The first-order chi connectivity index (χ1) is 7.18. The number of rotatable bonds is 2. The van der Waals surface area contributed by atoms with Crippen molar-refractivity contribution in [3.8, 4) is 0 Å². The van der Waals surface area contributed by atoms with Crippen LogP contribution in [0.5, 0.6) is 0 Å². The van der Waals surface area contributed by atoms with E-state index in [2.05, 4.69) is 42.2 Å². The Kier molecular flexibility index (Phi) is 3.11. The molecule has 1 N–H and O–H groups in total. The number of halogens is 2. The average Bonchev–Trinajstić information content (AvgIpc) is 2.58. The van der Waals surface area contributed by atoms with Gasteiger partial charge in [0.2, 0.25) is 5.95 Å². The van der Waals surface area contributed by atoms with E-state index in [0.717, 1.165) is 20.6 Å². The number of nitrogens with one attached hydrogen (secondary N) is 1. The first kappa shape index (κ1) is 10.7. The summed E-state index contributed by atoms with van der Waals surface area (Å²) in [7, 11) is 1.94.